The topological polar surface area (TPSA) is 114 Å². The van der Waals surface area contributed by atoms with Crippen molar-refractivity contribution in [2.75, 3.05) is 10.6 Å². The number of fused-ring (bicyclic) bond motifs is 1. The van der Waals surface area contributed by atoms with Gasteiger partial charge in [0.05, 0.1) is 33.8 Å². The van der Waals surface area contributed by atoms with E-state index in [1.165, 1.54) is 12.6 Å². The summed E-state index contributed by atoms with van der Waals surface area (Å²) in [6, 6.07) is 10.7. The molecular weight excluding hydrogens is 562 g/mol. The van der Waals surface area contributed by atoms with Crippen molar-refractivity contribution in [2.45, 2.75) is 88.6 Å². The van der Waals surface area contributed by atoms with Crippen LogP contribution in [0.25, 0.3) is 0 Å². The summed E-state index contributed by atoms with van der Waals surface area (Å²) < 4.78 is 32.0. The first-order valence-electron chi connectivity index (χ1n) is 14.1. The van der Waals surface area contributed by atoms with Gasteiger partial charge in [-0.1, -0.05) is 43.0 Å². The van der Waals surface area contributed by atoms with E-state index in [1.54, 1.807) is 38.1 Å². The number of nitrogens with zero attached hydrogens (tertiary/aromatic N) is 3. The Morgan fingerprint density at radius 2 is 1.76 bits per heavy atom. The highest BCUT2D eigenvalue weighted by molar-refractivity contribution is 7.92. The minimum atomic E-state index is -3.56. The fourth-order valence-corrected chi connectivity index (χ4v) is 6.67. The standard InChI is InChI=1S/C30H36ClN5O4S/c1-18(2)40-26-14-20-17-36(21-10-6-5-7-11-21)29(37)22(20)15-25(26)34-30-32-16-23(31)28(35-30)33-24-12-8-9-13-27(24)41(38,39)19(3)4/h8-9,12-16,18-19,21H,5-7,10-11,17H2,1-4H3,(H2,32,33,34,35). The number of hydrogen-bond acceptors (Lipinski definition) is 8. The highest BCUT2D eigenvalue weighted by Gasteiger charge is 2.34. The molecule has 41 heavy (non-hydrogen) atoms. The summed E-state index contributed by atoms with van der Waals surface area (Å²) in [5.41, 5.74) is 2.52. The van der Waals surface area contributed by atoms with Crippen LogP contribution >= 0.6 is 11.6 Å². The molecule has 2 aliphatic rings. The summed E-state index contributed by atoms with van der Waals surface area (Å²) in [5.74, 6) is 1.08. The van der Waals surface area contributed by atoms with E-state index in [0.29, 0.717) is 29.2 Å². The predicted molar refractivity (Wildman–Crippen MR) is 161 cm³/mol. The number of benzene rings is 2. The molecule has 1 saturated carbocycles. The van der Waals surface area contributed by atoms with Crippen LogP contribution in [0.4, 0.5) is 23.1 Å². The Bertz CT molecular complexity index is 1550. The molecule has 0 saturated heterocycles. The van der Waals surface area contributed by atoms with Gasteiger partial charge < -0.3 is 20.3 Å². The van der Waals surface area contributed by atoms with Crippen molar-refractivity contribution in [1.29, 1.82) is 0 Å². The molecule has 0 atom stereocenters. The van der Waals surface area contributed by atoms with Crippen LogP contribution in [0.15, 0.2) is 47.5 Å². The summed E-state index contributed by atoms with van der Waals surface area (Å²) in [5, 5.41) is 5.90. The SMILES string of the molecule is CC(C)Oc1cc2c(cc1Nc1ncc(Cl)c(Nc3ccccc3S(=O)(=O)C(C)C)n1)C(=O)N(C1CCCCC1)C2. The largest absolute Gasteiger partial charge is 0.489 e. The van der Waals surface area contributed by atoms with E-state index in [0.717, 1.165) is 31.2 Å². The maximum Gasteiger partial charge on any atom is 0.254 e. The van der Waals surface area contributed by atoms with Crippen LogP contribution in [0.3, 0.4) is 0 Å². The quantitative estimate of drug-likeness (QED) is 0.274. The number of aromatic nitrogens is 2. The number of nitrogens with one attached hydrogen (secondary N) is 2. The molecule has 1 aliphatic heterocycles. The Morgan fingerprint density at radius 1 is 1.02 bits per heavy atom. The van der Waals surface area contributed by atoms with Crippen molar-refractivity contribution in [3.8, 4) is 5.75 Å². The third-order valence-electron chi connectivity index (χ3n) is 7.47. The third-order valence-corrected chi connectivity index (χ3v) is 9.96. The van der Waals surface area contributed by atoms with Gasteiger partial charge in [-0.05, 0) is 70.4 Å². The lowest BCUT2D eigenvalue weighted by molar-refractivity contribution is 0.0660. The van der Waals surface area contributed by atoms with Gasteiger partial charge in [0, 0.05) is 18.2 Å². The number of rotatable bonds is 9. The molecule has 218 valence electrons. The zero-order valence-corrected chi connectivity index (χ0v) is 25.3. The first-order valence-corrected chi connectivity index (χ1v) is 16.0. The van der Waals surface area contributed by atoms with Gasteiger partial charge in [0.15, 0.2) is 15.7 Å². The number of carbonyl (C=O) groups excluding carboxylic acids is 1. The van der Waals surface area contributed by atoms with Gasteiger partial charge >= 0.3 is 0 Å². The molecular formula is C30H36ClN5O4S. The van der Waals surface area contributed by atoms with Gasteiger partial charge in [-0.2, -0.15) is 4.98 Å². The van der Waals surface area contributed by atoms with Crippen molar-refractivity contribution in [2.24, 2.45) is 0 Å². The summed E-state index contributed by atoms with van der Waals surface area (Å²) >= 11 is 6.42. The first-order chi connectivity index (χ1) is 19.5. The normalized spacial score (nSPS) is 15.9. The van der Waals surface area contributed by atoms with Gasteiger partial charge in [0.1, 0.15) is 10.8 Å². The molecule has 9 nitrogen and oxygen atoms in total. The molecule has 2 aromatic carbocycles. The third kappa shape index (κ3) is 6.13. The van der Waals surface area contributed by atoms with Gasteiger partial charge in [0.25, 0.3) is 5.91 Å². The van der Waals surface area contributed by atoms with Crippen molar-refractivity contribution in [3.05, 3.63) is 58.7 Å². The minimum Gasteiger partial charge on any atom is -0.489 e. The second kappa shape index (κ2) is 11.9. The fraction of sp³-hybridized carbons (Fsp3) is 0.433. The number of amides is 1. The lowest BCUT2D eigenvalue weighted by atomic mass is 9.94. The average molecular weight is 598 g/mol. The van der Waals surface area contributed by atoms with E-state index in [4.69, 9.17) is 16.3 Å². The predicted octanol–water partition coefficient (Wildman–Crippen LogP) is 6.88. The van der Waals surface area contributed by atoms with E-state index < -0.39 is 15.1 Å². The second-order valence-electron chi connectivity index (χ2n) is 11.1. The molecule has 1 aromatic heterocycles. The summed E-state index contributed by atoms with van der Waals surface area (Å²) in [6.45, 7) is 7.74. The molecule has 1 amide bonds. The summed E-state index contributed by atoms with van der Waals surface area (Å²) in [6.07, 6.45) is 6.94. The number of ether oxygens (including phenoxy) is 1. The van der Waals surface area contributed by atoms with Crippen LogP contribution in [0, 0.1) is 0 Å². The molecule has 5 rings (SSSR count). The number of para-hydroxylation sites is 1. The van der Waals surface area contributed by atoms with Crippen LogP contribution in [0.1, 0.15) is 75.7 Å². The van der Waals surface area contributed by atoms with Gasteiger partial charge in [-0.15, -0.1) is 0 Å². The molecule has 0 spiro atoms. The molecule has 0 unspecified atom stereocenters. The summed E-state index contributed by atoms with van der Waals surface area (Å²) in [4.78, 5) is 24.5. The Hall–Kier alpha value is -3.37. The molecule has 0 radical (unpaired) electrons. The van der Waals surface area contributed by atoms with E-state index in [2.05, 4.69) is 20.6 Å². The maximum atomic E-state index is 13.4. The van der Waals surface area contributed by atoms with Crippen LogP contribution in [-0.4, -0.2) is 46.6 Å². The van der Waals surface area contributed by atoms with Crippen molar-refractivity contribution in [3.63, 3.8) is 0 Å². The number of carbonyl (C=O) groups is 1. The Labute approximate surface area is 246 Å². The Balaban J connectivity index is 1.45. The second-order valence-corrected chi connectivity index (χ2v) is 14.0. The lowest BCUT2D eigenvalue weighted by Crippen LogP contribution is -2.36. The van der Waals surface area contributed by atoms with Crippen LogP contribution < -0.4 is 15.4 Å². The Morgan fingerprint density at radius 3 is 2.46 bits per heavy atom. The highest BCUT2D eigenvalue weighted by Crippen LogP contribution is 2.38. The zero-order chi connectivity index (χ0) is 29.3. The van der Waals surface area contributed by atoms with Crippen LogP contribution in [-0.2, 0) is 16.4 Å². The van der Waals surface area contributed by atoms with Gasteiger partial charge in [-0.25, -0.2) is 13.4 Å². The number of anilines is 4. The minimum absolute atomic E-state index is 0.0356. The monoisotopic (exact) mass is 597 g/mol. The van der Waals surface area contributed by atoms with E-state index >= 15 is 0 Å². The van der Waals surface area contributed by atoms with Crippen molar-refractivity contribution >= 4 is 50.5 Å². The smallest absolute Gasteiger partial charge is 0.254 e. The van der Waals surface area contributed by atoms with E-state index in [9.17, 15) is 13.2 Å². The molecule has 1 fully saturated rings. The van der Waals surface area contributed by atoms with Gasteiger partial charge in [-0.3, -0.25) is 4.79 Å². The molecule has 2 N–H and O–H groups in total. The molecule has 0 bridgehead atoms. The average Bonchev–Trinajstić information content (AvgIpc) is 3.26. The van der Waals surface area contributed by atoms with E-state index in [1.807, 2.05) is 30.9 Å². The number of hydrogen-bond donors (Lipinski definition) is 2. The molecule has 1 aliphatic carbocycles. The number of sulfone groups is 1. The fourth-order valence-electron chi connectivity index (χ4n) is 5.33. The zero-order valence-electron chi connectivity index (χ0n) is 23.8. The Kier molecular flexibility index (Phi) is 8.42. The van der Waals surface area contributed by atoms with Crippen molar-refractivity contribution < 1.29 is 17.9 Å². The first kappa shape index (κ1) is 29.1. The van der Waals surface area contributed by atoms with Crippen LogP contribution in [0.5, 0.6) is 5.75 Å². The number of halogens is 1. The lowest BCUT2D eigenvalue weighted by Gasteiger charge is -2.30. The molecule has 11 heteroatoms. The molecule has 2 heterocycles. The van der Waals surface area contributed by atoms with Crippen LogP contribution in [0.2, 0.25) is 5.02 Å². The molecule has 3 aromatic rings. The van der Waals surface area contributed by atoms with E-state index in [-0.39, 0.29) is 39.7 Å². The maximum absolute atomic E-state index is 13.4. The van der Waals surface area contributed by atoms with Gasteiger partial charge in [0.2, 0.25) is 5.95 Å². The summed E-state index contributed by atoms with van der Waals surface area (Å²) in [7, 11) is -3.56. The highest BCUT2D eigenvalue weighted by atomic mass is 35.5. The van der Waals surface area contributed by atoms with Crippen molar-refractivity contribution in [1.82, 2.24) is 14.9 Å².